The summed E-state index contributed by atoms with van der Waals surface area (Å²) in [5.41, 5.74) is 0.739. The molecule has 0 aliphatic heterocycles. The molecule has 1 atom stereocenters. The average Bonchev–Trinajstić information content (AvgIpc) is 2.38. The molecule has 2 rings (SSSR count). The fraction of sp³-hybridized carbons (Fsp3) is 0.214. The summed E-state index contributed by atoms with van der Waals surface area (Å²) >= 11 is 0. The topological polar surface area (TPSA) is 58.6 Å². The van der Waals surface area contributed by atoms with Crippen LogP contribution >= 0.6 is 0 Å². The zero-order valence-electron chi connectivity index (χ0n) is 10.3. The molecule has 2 N–H and O–H groups in total. The molecule has 2 aromatic carbocycles. The van der Waals surface area contributed by atoms with Crippen molar-refractivity contribution in [2.24, 2.45) is 0 Å². The highest BCUT2D eigenvalue weighted by Gasteiger charge is 2.17. The van der Waals surface area contributed by atoms with E-state index in [0.717, 1.165) is 22.1 Å². The van der Waals surface area contributed by atoms with Crippen LogP contribution in [0.5, 0.6) is 5.75 Å². The molecule has 0 radical (unpaired) electrons. The summed E-state index contributed by atoms with van der Waals surface area (Å²) in [6.07, 6.45) is 0. The third kappa shape index (κ3) is 2.28. The Labute approximate surface area is 105 Å². The van der Waals surface area contributed by atoms with Gasteiger partial charge in [-0.1, -0.05) is 18.2 Å². The van der Waals surface area contributed by atoms with Crippen LogP contribution in [0.15, 0.2) is 36.4 Å². The number of carboxylic acids is 1. The highest BCUT2D eigenvalue weighted by Crippen LogP contribution is 2.24. The van der Waals surface area contributed by atoms with Crippen LogP contribution in [-0.2, 0) is 4.79 Å². The Morgan fingerprint density at radius 3 is 2.50 bits per heavy atom. The molecule has 2 aromatic rings. The van der Waals surface area contributed by atoms with Crippen molar-refractivity contribution in [1.29, 1.82) is 0 Å². The lowest BCUT2D eigenvalue weighted by Gasteiger charge is -2.12. The lowest BCUT2D eigenvalue weighted by molar-refractivity contribution is -0.139. The minimum Gasteiger partial charge on any atom is -0.497 e. The van der Waals surface area contributed by atoms with E-state index in [1.54, 1.807) is 14.2 Å². The SMILES string of the molecule is CNC(C(=O)O)c1ccc2cc(OC)ccc2c1. The van der Waals surface area contributed by atoms with Gasteiger partial charge in [0.2, 0.25) is 0 Å². The van der Waals surface area contributed by atoms with Gasteiger partial charge >= 0.3 is 5.97 Å². The first-order chi connectivity index (χ1) is 8.65. The Morgan fingerprint density at radius 2 is 1.89 bits per heavy atom. The third-order valence-electron chi connectivity index (χ3n) is 2.94. The molecule has 18 heavy (non-hydrogen) atoms. The average molecular weight is 245 g/mol. The molecule has 0 saturated carbocycles. The highest BCUT2D eigenvalue weighted by molar-refractivity contribution is 5.86. The lowest BCUT2D eigenvalue weighted by Crippen LogP contribution is -2.24. The Morgan fingerprint density at radius 1 is 1.22 bits per heavy atom. The fourth-order valence-corrected chi connectivity index (χ4v) is 1.98. The van der Waals surface area contributed by atoms with Crippen molar-refractivity contribution in [1.82, 2.24) is 5.32 Å². The van der Waals surface area contributed by atoms with Gasteiger partial charge in [-0.15, -0.1) is 0 Å². The standard InChI is InChI=1S/C14H15NO3/c1-15-13(14(16)17)11-4-3-10-8-12(18-2)6-5-9(10)7-11/h3-8,13,15H,1-2H3,(H,16,17). The van der Waals surface area contributed by atoms with E-state index in [9.17, 15) is 4.79 Å². The number of likely N-dealkylation sites (N-methyl/N-ethyl adjacent to an activating group) is 1. The van der Waals surface area contributed by atoms with E-state index in [-0.39, 0.29) is 0 Å². The van der Waals surface area contributed by atoms with Gasteiger partial charge in [0, 0.05) is 0 Å². The van der Waals surface area contributed by atoms with Crippen LogP contribution in [-0.4, -0.2) is 25.2 Å². The molecule has 0 aromatic heterocycles. The minimum absolute atomic E-state index is 0.684. The predicted molar refractivity (Wildman–Crippen MR) is 69.9 cm³/mol. The van der Waals surface area contributed by atoms with Gasteiger partial charge in [-0.05, 0) is 41.6 Å². The maximum Gasteiger partial charge on any atom is 0.325 e. The van der Waals surface area contributed by atoms with Crippen LogP contribution in [0.2, 0.25) is 0 Å². The number of methoxy groups -OCH3 is 1. The predicted octanol–water partition coefficient (Wildman–Crippen LogP) is 2.19. The van der Waals surface area contributed by atoms with Gasteiger partial charge in [-0.3, -0.25) is 4.79 Å². The number of hydrogen-bond donors (Lipinski definition) is 2. The third-order valence-corrected chi connectivity index (χ3v) is 2.94. The van der Waals surface area contributed by atoms with E-state index in [0.29, 0.717) is 0 Å². The summed E-state index contributed by atoms with van der Waals surface area (Å²) in [4.78, 5) is 11.1. The largest absolute Gasteiger partial charge is 0.497 e. The van der Waals surface area contributed by atoms with Crippen LogP contribution < -0.4 is 10.1 Å². The number of fused-ring (bicyclic) bond motifs is 1. The number of aliphatic carboxylic acids is 1. The van der Waals surface area contributed by atoms with E-state index in [2.05, 4.69) is 5.32 Å². The van der Waals surface area contributed by atoms with Crippen molar-refractivity contribution in [2.75, 3.05) is 14.2 Å². The Bertz CT molecular complexity index is 580. The Kier molecular flexibility index (Phi) is 3.48. The van der Waals surface area contributed by atoms with Gasteiger partial charge < -0.3 is 15.2 Å². The van der Waals surface area contributed by atoms with Crippen LogP contribution in [0.25, 0.3) is 10.8 Å². The van der Waals surface area contributed by atoms with E-state index >= 15 is 0 Å². The minimum atomic E-state index is -0.884. The first kappa shape index (κ1) is 12.4. The maximum absolute atomic E-state index is 11.1. The zero-order valence-corrected chi connectivity index (χ0v) is 10.3. The number of carbonyl (C=O) groups is 1. The molecule has 1 unspecified atom stereocenters. The second-order valence-corrected chi connectivity index (χ2v) is 4.03. The van der Waals surface area contributed by atoms with E-state index < -0.39 is 12.0 Å². The molecular weight excluding hydrogens is 230 g/mol. The van der Waals surface area contributed by atoms with Crippen molar-refractivity contribution in [3.8, 4) is 5.75 Å². The van der Waals surface area contributed by atoms with Gasteiger partial charge in [0.05, 0.1) is 7.11 Å². The maximum atomic E-state index is 11.1. The second kappa shape index (κ2) is 5.06. The number of benzene rings is 2. The normalized spacial score (nSPS) is 12.3. The second-order valence-electron chi connectivity index (χ2n) is 4.03. The van der Waals surface area contributed by atoms with Crippen LogP contribution in [0.4, 0.5) is 0 Å². The van der Waals surface area contributed by atoms with Gasteiger partial charge in [0.15, 0.2) is 0 Å². The summed E-state index contributed by atoms with van der Waals surface area (Å²) in [7, 11) is 3.26. The first-order valence-electron chi connectivity index (χ1n) is 5.63. The molecule has 0 fully saturated rings. The molecule has 4 heteroatoms. The van der Waals surface area contributed by atoms with Crippen LogP contribution in [0.1, 0.15) is 11.6 Å². The summed E-state index contributed by atoms with van der Waals surface area (Å²) in [6.45, 7) is 0. The van der Waals surface area contributed by atoms with E-state index in [1.165, 1.54) is 0 Å². The molecule has 0 aliphatic carbocycles. The smallest absolute Gasteiger partial charge is 0.325 e. The summed E-state index contributed by atoms with van der Waals surface area (Å²) in [5.74, 6) is -0.0935. The monoisotopic (exact) mass is 245 g/mol. The van der Waals surface area contributed by atoms with Crippen molar-refractivity contribution < 1.29 is 14.6 Å². The van der Waals surface area contributed by atoms with Crippen LogP contribution in [0, 0.1) is 0 Å². The van der Waals surface area contributed by atoms with Gasteiger partial charge in [-0.25, -0.2) is 0 Å². The van der Waals surface area contributed by atoms with Gasteiger partial charge in [0.25, 0.3) is 0 Å². The number of ether oxygens (including phenoxy) is 1. The van der Waals surface area contributed by atoms with E-state index in [4.69, 9.17) is 9.84 Å². The molecule has 0 heterocycles. The molecule has 0 bridgehead atoms. The Balaban J connectivity index is 2.47. The molecule has 0 spiro atoms. The van der Waals surface area contributed by atoms with Crippen molar-refractivity contribution in [3.05, 3.63) is 42.0 Å². The molecule has 4 nitrogen and oxygen atoms in total. The molecule has 0 saturated heterocycles. The lowest BCUT2D eigenvalue weighted by atomic mass is 10.0. The summed E-state index contributed by atoms with van der Waals surface area (Å²) in [6, 6.07) is 10.6. The number of nitrogens with one attached hydrogen (secondary N) is 1. The van der Waals surface area contributed by atoms with Gasteiger partial charge in [0.1, 0.15) is 11.8 Å². The van der Waals surface area contributed by atoms with E-state index in [1.807, 2.05) is 36.4 Å². The molecule has 0 amide bonds. The van der Waals surface area contributed by atoms with Crippen molar-refractivity contribution >= 4 is 16.7 Å². The molecule has 0 aliphatic rings. The number of rotatable bonds is 4. The number of hydrogen-bond acceptors (Lipinski definition) is 3. The summed E-state index contributed by atoms with van der Waals surface area (Å²) in [5, 5.41) is 13.9. The Hall–Kier alpha value is -2.07. The highest BCUT2D eigenvalue weighted by atomic mass is 16.5. The number of carboxylic acid groups (broad SMARTS) is 1. The molecular formula is C14H15NO3. The fourth-order valence-electron chi connectivity index (χ4n) is 1.98. The quantitative estimate of drug-likeness (QED) is 0.867. The van der Waals surface area contributed by atoms with Crippen molar-refractivity contribution in [3.63, 3.8) is 0 Å². The van der Waals surface area contributed by atoms with Gasteiger partial charge in [-0.2, -0.15) is 0 Å². The zero-order chi connectivity index (χ0) is 13.1. The first-order valence-corrected chi connectivity index (χ1v) is 5.63. The summed E-state index contributed by atoms with van der Waals surface area (Å²) < 4.78 is 5.15. The molecule has 94 valence electrons. The van der Waals surface area contributed by atoms with Crippen molar-refractivity contribution in [2.45, 2.75) is 6.04 Å². The van der Waals surface area contributed by atoms with Crippen LogP contribution in [0.3, 0.4) is 0 Å².